The van der Waals surface area contributed by atoms with Crippen molar-refractivity contribution in [3.05, 3.63) is 41.7 Å². The molecule has 1 aliphatic carbocycles. The molecule has 0 bridgehead atoms. The third kappa shape index (κ3) is 4.04. The molecule has 0 aliphatic heterocycles. The van der Waals surface area contributed by atoms with Gasteiger partial charge >= 0.3 is 6.18 Å². The predicted octanol–water partition coefficient (Wildman–Crippen LogP) is 5.10. The maximum Gasteiger partial charge on any atom is 0.407 e. The van der Waals surface area contributed by atoms with Crippen molar-refractivity contribution < 1.29 is 21.6 Å². The fourth-order valence-electron chi connectivity index (χ4n) is 3.44. The molecule has 1 fully saturated rings. The van der Waals surface area contributed by atoms with Crippen LogP contribution in [0.15, 0.2) is 41.6 Å². The van der Waals surface area contributed by atoms with E-state index in [4.69, 9.17) is 11.6 Å². The second-order valence-corrected chi connectivity index (χ2v) is 10.3. The Morgan fingerprint density at radius 3 is 2.39 bits per heavy atom. The number of nitrogens with zero attached hydrogens (tertiary/aromatic N) is 3. The number of rotatable bonds is 5. The van der Waals surface area contributed by atoms with Gasteiger partial charge in [-0.25, -0.2) is 13.4 Å². The van der Waals surface area contributed by atoms with Gasteiger partial charge in [0.1, 0.15) is 16.1 Å². The highest BCUT2D eigenvalue weighted by Gasteiger charge is 2.49. The molecular formula is C20H20ClF3N4O2S. The van der Waals surface area contributed by atoms with Crippen LogP contribution in [0.2, 0.25) is 5.02 Å². The van der Waals surface area contributed by atoms with Crippen LogP contribution in [0.25, 0.3) is 22.4 Å². The van der Waals surface area contributed by atoms with Crippen molar-refractivity contribution in [3.63, 3.8) is 0 Å². The van der Waals surface area contributed by atoms with Crippen LogP contribution in [0.5, 0.6) is 0 Å². The van der Waals surface area contributed by atoms with Gasteiger partial charge in [-0.05, 0) is 57.4 Å². The highest BCUT2D eigenvalue weighted by Crippen LogP contribution is 2.39. The van der Waals surface area contributed by atoms with E-state index in [2.05, 4.69) is 14.5 Å². The Morgan fingerprint density at radius 2 is 1.84 bits per heavy atom. The SMILES string of the molecule is CC(C)(NS(=O)(=O)c1ccc(-c2cc3cc(Cl)cnc3n2C2CCC2)nc1)C(F)(F)F. The number of fused-ring (bicyclic) bond motifs is 1. The minimum absolute atomic E-state index is 0.251. The minimum Gasteiger partial charge on any atom is -0.321 e. The lowest BCUT2D eigenvalue weighted by atomic mass is 9.92. The number of hydrogen-bond donors (Lipinski definition) is 1. The number of nitrogens with one attached hydrogen (secondary N) is 1. The van der Waals surface area contributed by atoms with Gasteiger partial charge in [-0.3, -0.25) is 4.98 Å². The molecular weight excluding hydrogens is 453 g/mol. The maximum atomic E-state index is 13.1. The average molecular weight is 473 g/mol. The van der Waals surface area contributed by atoms with E-state index in [1.54, 1.807) is 17.0 Å². The Balaban J connectivity index is 1.71. The molecule has 3 aromatic heterocycles. The van der Waals surface area contributed by atoms with Gasteiger partial charge in [0.2, 0.25) is 10.0 Å². The van der Waals surface area contributed by atoms with E-state index in [1.807, 2.05) is 6.07 Å². The summed E-state index contributed by atoms with van der Waals surface area (Å²) in [6.45, 7) is 1.53. The third-order valence-electron chi connectivity index (χ3n) is 5.49. The molecule has 0 spiro atoms. The van der Waals surface area contributed by atoms with E-state index < -0.39 is 21.7 Å². The van der Waals surface area contributed by atoms with Gasteiger partial charge in [0.05, 0.1) is 16.4 Å². The second-order valence-electron chi connectivity index (χ2n) is 8.16. The monoisotopic (exact) mass is 472 g/mol. The summed E-state index contributed by atoms with van der Waals surface area (Å²) >= 11 is 6.07. The Bertz CT molecular complexity index is 1230. The van der Waals surface area contributed by atoms with E-state index in [0.29, 0.717) is 10.7 Å². The summed E-state index contributed by atoms with van der Waals surface area (Å²) < 4.78 is 68.0. The molecule has 1 aliphatic rings. The zero-order valence-corrected chi connectivity index (χ0v) is 18.3. The van der Waals surface area contributed by atoms with Crippen LogP contribution in [-0.4, -0.2) is 34.7 Å². The van der Waals surface area contributed by atoms with Crippen LogP contribution < -0.4 is 4.72 Å². The molecule has 166 valence electrons. The molecule has 0 saturated heterocycles. The molecule has 1 N–H and O–H groups in total. The quantitative estimate of drug-likeness (QED) is 0.560. The van der Waals surface area contributed by atoms with Crippen molar-refractivity contribution in [2.45, 2.75) is 55.8 Å². The molecule has 11 heteroatoms. The highest BCUT2D eigenvalue weighted by atomic mass is 35.5. The fourth-order valence-corrected chi connectivity index (χ4v) is 4.95. The molecule has 3 heterocycles. The summed E-state index contributed by atoms with van der Waals surface area (Å²) in [5, 5.41) is 1.33. The summed E-state index contributed by atoms with van der Waals surface area (Å²) in [7, 11) is -4.42. The fraction of sp³-hybridized carbons (Fsp3) is 0.400. The second kappa shape index (κ2) is 7.46. The van der Waals surface area contributed by atoms with Gasteiger partial charge in [0, 0.05) is 23.8 Å². The summed E-state index contributed by atoms with van der Waals surface area (Å²) in [4.78, 5) is 8.34. The number of pyridine rings is 2. The van der Waals surface area contributed by atoms with Gasteiger partial charge in [0.25, 0.3) is 0 Å². The Labute approximate surface area is 182 Å². The minimum atomic E-state index is -4.74. The van der Waals surface area contributed by atoms with Gasteiger partial charge in [-0.1, -0.05) is 11.6 Å². The zero-order chi connectivity index (χ0) is 22.6. The van der Waals surface area contributed by atoms with Crippen LogP contribution in [0.1, 0.15) is 39.2 Å². The van der Waals surface area contributed by atoms with Crippen LogP contribution in [0, 0.1) is 0 Å². The zero-order valence-electron chi connectivity index (χ0n) is 16.7. The molecule has 0 atom stereocenters. The first-order valence-corrected chi connectivity index (χ1v) is 11.5. The maximum absolute atomic E-state index is 13.1. The van der Waals surface area contributed by atoms with Crippen molar-refractivity contribution in [2.75, 3.05) is 0 Å². The van der Waals surface area contributed by atoms with Crippen LogP contribution >= 0.6 is 11.6 Å². The average Bonchev–Trinajstić information content (AvgIpc) is 2.97. The van der Waals surface area contributed by atoms with E-state index in [1.165, 1.54) is 12.1 Å². The van der Waals surface area contributed by atoms with Crippen molar-refractivity contribution >= 4 is 32.7 Å². The van der Waals surface area contributed by atoms with E-state index >= 15 is 0 Å². The number of aromatic nitrogens is 3. The topological polar surface area (TPSA) is 76.9 Å². The van der Waals surface area contributed by atoms with Gasteiger partial charge in [-0.2, -0.15) is 17.9 Å². The largest absolute Gasteiger partial charge is 0.407 e. The Morgan fingerprint density at radius 1 is 1.13 bits per heavy atom. The molecule has 31 heavy (non-hydrogen) atoms. The number of sulfonamides is 1. The van der Waals surface area contributed by atoms with Gasteiger partial charge in [0.15, 0.2) is 0 Å². The number of hydrogen-bond acceptors (Lipinski definition) is 4. The molecule has 0 unspecified atom stereocenters. The van der Waals surface area contributed by atoms with E-state index in [-0.39, 0.29) is 10.9 Å². The molecule has 0 amide bonds. The third-order valence-corrected chi connectivity index (χ3v) is 7.34. The summed E-state index contributed by atoms with van der Waals surface area (Å²) in [6.07, 6.45) is 0.968. The standard InChI is InChI=1S/C20H20ClF3N4O2S/c1-19(2,20(22,23)24)27-31(29,30)15-6-7-16(25-11-15)17-9-12-8-13(21)10-26-18(12)28(17)14-4-3-5-14/h6-11,14,27H,3-5H2,1-2H3. The lowest BCUT2D eigenvalue weighted by molar-refractivity contribution is -0.180. The summed E-state index contributed by atoms with van der Waals surface area (Å²) in [5.74, 6) is 0. The smallest absolute Gasteiger partial charge is 0.321 e. The molecule has 0 aromatic carbocycles. The van der Waals surface area contributed by atoms with Crippen molar-refractivity contribution in [1.82, 2.24) is 19.3 Å². The highest BCUT2D eigenvalue weighted by molar-refractivity contribution is 7.89. The number of alkyl halides is 3. The number of halogens is 4. The Hall–Kier alpha value is -2.17. The molecule has 6 nitrogen and oxygen atoms in total. The Kier molecular flexibility index (Phi) is 5.30. The lowest BCUT2D eigenvalue weighted by Gasteiger charge is -2.29. The molecule has 0 radical (unpaired) electrons. The van der Waals surface area contributed by atoms with Crippen molar-refractivity contribution in [1.29, 1.82) is 0 Å². The van der Waals surface area contributed by atoms with Crippen LogP contribution in [-0.2, 0) is 10.0 Å². The predicted molar refractivity (Wildman–Crippen MR) is 111 cm³/mol. The van der Waals surface area contributed by atoms with Crippen molar-refractivity contribution in [2.24, 2.45) is 0 Å². The first-order chi connectivity index (χ1) is 14.4. The van der Waals surface area contributed by atoms with Gasteiger partial charge < -0.3 is 4.57 Å². The first-order valence-electron chi connectivity index (χ1n) is 9.63. The normalized spacial score (nSPS) is 15.9. The molecule has 1 saturated carbocycles. The summed E-state index contributed by atoms with van der Waals surface area (Å²) in [5.41, 5.74) is -0.611. The van der Waals surface area contributed by atoms with E-state index in [9.17, 15) is 21.6 Å². The summed E-state index contributed by atoms with van der Waals surface area (Å²) in [6, 6.07) is 6.67. The van der Waals surface area contributed by atoms with E-state index in [0.717, 1.165) is 56.0 Å². The van der Waals surface area contributed by atoms with Crippen LogP contribution in [0.4, 0.5) is 13.2 Å². The van der Waals surface area contributed by atoms with Crippen molar-refractivity contribution in [3.8, 4) is 11.4 Å². The van der Waals surface area contributed by atoms with Crippen LogP contribution in [0.3, 0.4) is 0 Å². The molecule has 3 aromatic rings. The van der Waals surface area contributed by atoms with Gasteiger partial charge in [-0.15, -0.1) is 0 Å². The first kappa shape index (κ1) is 22.0. The lowest BCUT2D eigenvalue weighted by Crippen LogP contribution is -2.54. The molecule has 4 rings (SSSR count).